The third-order valence-electron chi connectivity index (χ3n) is 17.9. The molecule has 69 heavy (non-hydrogen) atoms. The molecule has 2 aromatic rings. The number of hydrogen-bond acceptors (Lipinski definition) is 13. The van der Waals surface area contributed by atoms with Gasteiger partial charge in [0.2, 0.25) is 5.79 Å². The number of aliphatic hydroxyl groups excluding tert-OH is 1. The van der Waals surface area contributed by atoms with Gasteiger partial charge in [-0.15, -0.1) is 12.4 Å². The van der Waals surface area contributed by atoms with E-state index in [4.69, 9.17) is 27.0 Å². The molecule has 2 aromatic carbocycles. The van der Waals surface area contributed by atoms with E-state index in [0.717, 1.165) is 19.4 Å². The lowest BCUT2D eigenvalue weighted by atomic mass is 9.49. The fourth-order valence-corrected chi connectivity index (χ4v) is 14.6. The van der Waals surface area contributed by atoms with Crippen molar-refractivity contribution in [1.29, 1.82) is 0 Å². The number of rotatable bonds is 5. The average molecular weight is 1000 g/mol. The number of nitrogens with zero attached hydrogens (tertiary/aromatic N) is 2. The summed E-state index contributed by atoms with van der Waals surface area (Å²) < 4.78 is 44.2. The first-order chi connectivity index (χ1) is 31.7. The van der Waals surface area contributed by atoms with Crippen molar-refractivity contribution in [2.75, 3.05) is 33.7 Å². The van der Waals surface area contributed by atoms with E-state index in [9.17, 15) is 35.4 Å². The fourth-order valence-electron chi connectivity index (χ4n) is 14.6. The van der Waals surface area contributed by atoms with Crippen LogP contribution in [0, 0.1) is 29.1 Å². The molecule has 4 bridgehead atoms. The summed E-state index contributed by atoms with van der Waals surface area (Å²) in [6.07, 6.45) is 10.2. The van der Waals surface area contributed by atoms with Crippen LogP contribution in [0.1, 0.15) is 115 Å². The Hall–Kier alpha value is -3.07. The van der Waals surface area contributed by atoms with E-state index in [2.05, 4.69) is 97.6 Å². The van der Waals surface area contributed by atoms with E-state index in [0.29, 0.717) is 50.1 Å². The highest BCUT2D eigenvalue weighted by Gasteiger charge is 2.88. The van der Waals surface area contributed by atoms with E-state index in [1.165, 1.54) is 27.8 Å². The van der Waals surface area contributed by atoms with Crippen molar-refractivity contribution in [1.82, 2.24) is 9.80 Å². The van der Waals surface area contributed by atoms with Crippen LogP contribution in [0.3, 0.4) is 0 Å². The predicted octanol–water partition coefficient (Wildman–Crippen LogP) is 5.31. The predicted molar refractivity (Wildman–Crippen MR) is 263 cm³/mol. The topological polar surface area (TPSA) is 238 Å². The van der Waals surface area contributed by atoms with Crippen molar-refractivity contribution in [3.8, 4) is 0 Å². The summed E-state index contributed by atoms with van der Waals surface area (Å²) in [5.41, 5.74) is -2.35. The zero-order chi connectivity index (χ0) is 49.6. The van der Waals surface area contributed by atoms with Crippen LogP contribution in [0.15, 0.2) is 66.3 Å². The van der Waals surface area contributed by atoms with Crippen molar-refractivity contribution >= 4 is 46.5 Å². The summed E-state index contributed by atoms with van der Waals surface area (Å²) in [5.74, 6) is -4.05. The Morgan fingerprint density at radius 1 is 0.870 bits per heavy atom. The largest absolute Gasteiger partial charge is 0.453 e. The summed E-state index contributed by atoms with van der Waals surface area (Å²) in [7, 11) is -0.426. The number of piperidine rings is 2. The number of carbonyl (C=O) groups excluding carboxylic acids is 1. The van der Waals surface area contributed by atoms with Gasteiger partial charge in [0.25, 0.3) is 0 Å². The van der Waals surface area contributed by atoms with E-state index in [1.54, 1.807) is 26.8 Å². The second-order valence-corrected chi connectivity index (χ2v) is 22.7. The number of benzene rings is 2. The van der Waals surface area contributed by atoms with Crippen molar-refractivity contribution in [3.63, 3.8) is 0 Å². The molecule has 7 fully saturated rings. The van der Waals surface area contributed by atoms with Gasteiger partial charge in [0.15, 0.2) is 6.10 Å². The molecule has 5 aliphatic carbocycles. The third kappa shape index (κ3) is 8.50. The molecule has 0 radical (unpaired) electrons. The summed E-state index contributed by atoms with van der Waals surface area (Å²) in [5, 5.41) is 73.9. The monoisotopic (exact) mass is 1000 g/mol. The second kappa shape index (κ2) is 18.8. The summed E-state index contributed by atoms with van der Waals surface area (Å²) >= 11 is 0. The van der Waals surface area contributed by atoms with E-state index in [-0.39, 0.29) is 37.8 Å². The molecule has 17 heteroatoms. The van der Waals surface area contributed by atoms with Gasteiger partial charge >= 0.3 is 16.4 Å². The van der Waals surface area contributed by atoms with E-state index < -0.39 is 85.5 Å². The van der Waals surface area contributed by atoms with Gasteiger partial charge in [-0.05, 0) is 114 Å². The second-order valence-electron chi connectivity index (χ2n) is 21.8. The van der Waals surface area contributed by atoms with Gasteiger partial charge in [0.05, 0.1) is 11.7 Å². The number of ether oxygens (including phenoxy) is 2. The Kier molecular flexibility index (Phi) is 14.6. The Morgan fingerprint density at radius 2 is 1.45 bits per heavy atom. The maximum atomic E-state index is 12.9. The minimum atomic E-state index is -4.67. The van der Waals surface area contributed by atoms with Gasteiger partial charge in [-0.1, -0.05) is 86.7 Å². The minimum Gasteiger partial charge on any atom is -0.453 e. The molecule has 3 aliphatic heterocycles. The summed E-state index contributed by atoms with van der Waals surface area (Å²) in [4.78, 5) is 17.1. The molecule has 3 saturated heterocycles. The Morgan fingerprint density at radius 3 is 2.03 bits per heavy atom. The van der Waals surface area contributed by atoms with Crippen molar-refractivity contribution < 1.29 is 62.4 Å². The van der Waals surface area contributed by atoms with Crippen LogP contribution < -0.4 is 0 Å². The molecule has 8 aliphatic rings. The minimum absolute atomic E-state index is 0. The van der Waals surface area contributed by atoms with Crippen LogP contribution in [0.4, 0.5) is 0 Å². The number of fused-ring (bicyclic) bond motifs is 7. The van der Waals surface area contributed by atoms with Crippen molar-refractivity contribution in [2.45, 2.75) is 144 Å². The first-order valence-corrected chi connectivity index (χ1v) is 25.6. The molecular weight excluding hydrogens is 928 g/mol. The molecule has 4 saturated carbocycles. The van der Waals surface area contributed by atoms with Crippen LogP contribution in [0.2, 0.25) is 0 Å². The van der Waals surface area contributed by atoms with Gasteiger partial charge in [-0.2, -0.15) is 8.42 Å². The summed E-state index contributed by atoms with van der Waals surface area (Å²) in [6, 6.07) is 16.9. The summed E-state index contributed by atoms with van der Waals surface area (Å²) in [6.45, 7) is 11.1. The van der Waals surface area contributed by atoms with Crippen molar-refractivity contribution in [3.05, 3.63) is 88.5 Å². The number of aliphatic hydroxyl groups is 6. The van der Waals surface area contributed by atoms with Gasteiger partial charge < -0.3 is 45.0 Å². The molecule has 14 atom stereocenters. The molecule has 0 amide bonds. The van der Waals surface area contributed by atoms with Gasteiger partial charge in [0, 0.05) is 67.3 Å². The average Bonchev–Trinajstić information content (AvgIpc) is 3.38. The Labute approximate surface area is 412 Å². The number of halogens is 1. The van der Waals surface area contributed by atoms with E-state index >= 15 is 0 Å². The van der Waals surface area contributed by atoms with Gasteiger partial charge in [-0.25, -0.2) is 4.79 Å². The number of esters is 1. The maximum absolute atomic E-state index is 12.9. The van der Waals surface area contributed by atoms with Crippen LogP contribution in [0.5, 0.6) is 0 Å². The molecule has 382 valence electrons. The SMILES string of the molecule is CC=C(C)C(=O)OC1CCC2(C)C3CCC4C5(O)CC(O)C6(O)C(CN7CC(C)CCC7C6(C)O)C5(O)CC42OC13O.CN(C)CCC=C1c2ccccc2C=Cc2ccccc21.Cl.O=S(=O)(O)O. The van der Waals surface area contributed by atoms with E-state index in [1.807, 2.05) is 6.92 Å². The van der Waals surface area contributed by atoms with Gasteiger partial charge in [0.1, 0.15) is 22.4 Å². The van der Waals surface area contributed by atoms with Crippen molar-refractivity contribution in [2.24, 2.45) is 29.1 Å². The van der Waals surface area contributed by atoms with Crippen LogP contribution in [0.25, 0.3) is 17.7 Å². The molecule has 3 heterocycles. The molecule has 8 N–H and O–H groups in total. The number of allylic oxidation sites excluding steroid dienone is 1. The number of hydrogen-bond donors (Lipinski definition) is 8. The lowest BCUT2D eigenvalue weighted by Gasteiger charge is -2.68. The third-order valence-corrected chi connectivity index (χ3v) is 17.9. The Bertz CT molecular complexity index is 2420. The lowest BCUT2D eigenvalue weighted by molar-refractivity contribution is -0.354. The lowest BCUT2D eigenvalue weighted by Crippen LogP contribution is -2.85. The molecule has 10 rings (SSSR count). The molecule has 1 spiro atoms. The molecular formula is C52H73ClN2O13S. The fraction of sp³-hybridized carbons (Fsp3) is 0.635. The normalized spacial score (nSPS) is 41.4. The highest BCUT2D eigenvalue weighted by atomic mass is 35.5. The Balaban J connectivity index is 0.000000217. The molecule has 0 aromatic heterocycles. The quantitative estimate of drug-likeness (QED) is 0.0919. The molecule has 15 nitrogen and oxygen atoms in total. The number of carbonyl (C=O) groups is 1. The standard InChI is InChI=1S/C32H49NO9.C20H21N.ClH.H2O4S/c1-6-18(3)25(35)41-24-11-12-26(4)19-8-9-20-28(37)13-23(34)31(39)21(29(28,38)16-30(20,26)42-32(19,24)40)15-33-14-17(2)7-10-22(33)27(31,5)36;1-21(2)15-7-12-20-18-10-5-3-8-16(18)13-14-17-9-4-6-11-19(17)20;;1-5(2,3)4/h6,17,19-24,34,36-40H,7-16H2,1-5H3;3-6,8-14H,7,15H2,1-2H3;1H;(H2,1,2,3,4). The van der Waals surface area contributed by atoms with Crippen LogP contribution in [-0.4, -0.2) is 150 Å². The van der Waals surface area contributed by atoms with Gasteiger partial charge in [-0.3, -0.25) is 14.0 Å². The first-order valence-electron chi connectivity index (χ1n) is 24.2. The van der Waals surface area contributed by atoms with Crippen LogP contribution >= 0.6 is 12.4 Å². The maximum Gasteiger partial charge on any atom is 0.394 e. The highest BCUT2D eigenvalue weighted by Crippen LogP contribution is 2.78. The highest BCUT2D eigenvalue weighted by molar-refractivity contribution is 7.79. The zero-order valence-corrected chi connectivity index (χ0v) is 42.4. The smallest absolute Gasteiger partial charge is 0.394 e. The molecule has 14 unspecified atom stereocenters. The first kappa shape index (κ1) is 53.7. The van der Waals surface area contributed by atoms with Crippen LogP contribution in [-0.2, 0) is 24.7 Å². The zero-order valence-electron chi connectivity index (χ0n) is 40.8.